The molecule has 0 saturated carbocycles. The van der Waals surface area contributed by atoms with Gasteiger partial charge in [0, 0.05) is 0 Å². The molecule has 88 valence electrons. The van der Waals surface area contributed by atoms with Crippen molar-refractivity contribution in [3.8, 4) is 5.75 Å². The minimum atomic E-state index is -1.21. The smallest absolute Gasteiger partial charge is 1.00 e. The van der Waals surface area contributed by atoms with Crippen LogP contribution >= 0.6 is 0 Å². The van der Waals surface area contributed by atoms with E-state index < -0.39 is 37.6 Å². The van der Waals surface area contributed by atoms with Crippen molar-refractivity contribution in [2.45, 2.75) is 0 Å². The van der Waals surface area contributed by atoms with Gasteiger partial charge in [0.05, 0.1) is 26.9 Å². The number of benzene rings is 1. The van der Waals surface area contributed by atoms with Crippen molar-refractivity contribution in [1.82, 2.24) is 0 Å². The number of hydrogen-bond acceptors (Lipinski definition) is 7. The molecular formula is C6H5CaN3O7. The van der Waals surface area contributed by atoms with E-state index >= 15 is 0 Å². The summed E-state index contributed by atoms with van der Waals surface area (Å²) in [5, 5.41) is 40.2. The van der Waals surface area contributed by atoms with E-state index in [1.807, 2.05) is 0 Å². The molecule has 1 N–H and O–H groups in total. The van der Waals surface area contributed by atoms with Crippen molar-refractivity contribution in [1.29, 1.82) is 0 Å². The number of rotatable bonds is 3. The molecule has 0 bridgehead atoms. The number of nitro benzene ring substituents is 3. The average molecular weight is 271 g/mol. The van der Waals surface area contributed by atoms with Crippen molar-refractivity contribution in [3.63, 3.8) is 0 Å². The Kier molecular flexibility index (Phi) is 5.19. The molecule has 1 aromatic carbocycles. The molecule has 17 heavy (non-hydrogen) atoms. The van der Waals surface area contributed by atoms with Crippen LogP contribution in [0.3, 0.4) is 0 Å². The fourth-order valence-electron chi connectivity index (χ4n) is 0.974. The SMILES string of the molecule is O=[N+]([O-])c1cc([N+](=O)[O-])c(O)c([N+](=O)[O-])c1.[Ca+2].[H-].[H-]. The van der Waals surface area contributed by atoms with E-state index in [9.17, 15) is 30.3 Å². The number of aromatic hydroxyl groups is 1. The van der Waals surface area contributed by atoms with Gasteiger partial charge in [-0.2, -0.15) is 0 Å². The molecule has 10 nitrogen and oxygen atoms in total. The maximum absolute atomic E-state index is 10.4. The summed E-state index contributed by atoms with van der Waals surface area (Å²) in [7, 11) is 0. The predicted molar refractivity (Wildman–Crippen MR) is 56.0 cm³/mol. The molecule has 0 aromatic heterocycles. The number of phenols is 1. The number of phenolic OH excluding ortho intramolecular Hbond substituents is 1. The molecule has 0 saturated heterocycles. The van der Waals surface area contributed by atoms with Crippen LogP contribution in [0.25, 0.3) is 0 Å². The number of non-ortho nitro benzene ring substituents is 1. The second-order valence-corrected chi connectivity index (χ2v) is 2.60. The first-order chi connectivity index (χ1) is 7.34. The van der Waals surface area contributed by atoms with Crippen LogP contribution in [0.5, 0.6) is 5.75 Å². The maximum atomic E-state index is 10.4. The zero-order chi connectivity index (χ0) is 12.5. The molecule has 0 aliphatic carbocycles. The molecule has 0 unspecified atom stereocenters. The van der Waals surface area contributed by atoms with Crippen LogP contribution in [-0.2, 0) is 0 Å². The van der Waals surface area contributed by atoms with E-state index in [2.05, 4.69) is 0 Å². The van der Waals surface area contributed by atoms with Crippen molar-refractivity contribution >= 4 is 54.8 Å². The summed E-state index contributed by atoms with van der Waals surface area (Å²) in [6.07, 6.45) is 0. The van der Waals surface area contributed by atoms with Gasteiger partial charge in [-0.3, -0.25) is 30.3 Å². The van der Waals surface area contributed by atoms with Gasteiger partial charge in [-0.25, -0.2) is 0 Å². The van der Waals surface area contributed by atoms with Gasteiger partial charge >= 0.3 is 49.1 Å². The van der Waals surface area contributed by atoms with Crippen LogP contribution in [0.1, 0.15) is 2.85 Å². The first-order valence-electron chi connectivity index (χ1n) is 3.64. The zero-order valence-electron chi connectivity index (χ0n) is 10.1. The molecule has 1 aromatic rings. The van der Waals surface area contributed by atoms with Crippen LogP contribution in [0.4, 0.5) is 17.1 Å². The molecule has 0 aliphatic heterocycles. The Bertz CT molecular complexity index is 477. The van der Waals surface area contributed by atoms with Crippen molar-refractivity contribution in [3.05, 3.63) is 42.5 Å². The third kappa shape index (κ3) is 3.22. The van der Waals surface area contributed by atoms with Crippen LogP contribution in [0, 0.1) is 30.3 Å². The van der Waals surface area contributed by atoms with Gasteiger partial charge in [0.1, 0.15) is 0 Å². The Morgan fingerprint density at radius 3 is 1.53 bits per heavy atom. The van der Waals surface area contributed by atoms with E-state index in [4.69, 9.17) is 5.11 Å². The molecule has 0 amide bonds. The van der Waals surface area contributed by atoms with E-state index in [1.165, 1.54) is 0 Å². The summed E-state index contributed by atoms with van der Waals surface area (Å²) in [5.74, 6) is -1.21. The Morgan fingerprint density at radius 2 is 1.29 bits per heavy atom. The Hall–Kier alpha value is -1.52. The summed E-state index contributed by atoms with van der Waals surface area (Å²) in [4.78, 5) is 27.8. The van der Waals surface area contributed by atoms with E-state index in [0.717, 1.165) is 0 Å². The first-order valence-corrected chi connectivity index (χ1v) is 3.64. The van der Waals surface area contributed by atoms with Gasteiger partial charge in [-0.05, 0) is 0 Å². The molecule has 0 spiro atoms. The quantitative estimate of drug-likeness (QED) is 0.488. The van der Waals surface area contributed by atoms with Crippen LogP contribution in [0.2, 0.25) is 0 Å². The van der Waals surface area contributed by atoms with Crippen LogP contribution in [0.15, 0.2) is 12.1 Å². The Labute approximate surface area is 125 Å². The Morgan fingerprint density at radius 1 is 0.941 bits per heavy atom. The minimum Gasteiger partial charge on any atom is -1.00 e. The molecule has 0 radical (unpaired) electrons. The summed E-state index contributed by atoms with van der Waals surface area (Å²) in [6, 6.07) is 0.894. The number of nitro groups is 3. The summed E-state index contributed by atoms with van der Waals surface area (Å²) < 4.78 is 0. The van der Waals surface area contributed by atoms with Gasteiger partial charge in [-0.15, -0.1) is 0 Å². The first kappa shape index (κ1) is 15.5. The second-order valence-electron chi connectivity index (χ2n) is 2.60. The molecule has 0 atom stereocenters. The van der Waals surface area contributed by atoms with Gasteiger partial charge in [0.2, 0.25) is 0 Å². The Balaban J connectivity index is -0.000000853. The minimum absolute atomic E-state index is 0. The van der Waals surface area contributed by atoms with Crippen molar-refractivity contribution < 1.29 is 22.7 Å². The fraction of sp³-hybridized carbons (Fsp3) is 0. The molecule has 0 fully saturated rings. The van der Waals surface area contributed by atoms with E-state index in [1.54, 1.807) is 0 Å². The summed E-state index contributed by atoms with van der Waals surface area (Å²) in [5.41, 5.74) is -3.00. The van der Waals surface area contributed by atoms with E-state index in [0.29, 0.717) is 12.1 Å². The van der Waals surface area contributed by atoms with Gasteiger partial charge in [0.15, 0.2) is 0 Å². The van der Waals surface area contributed by atoms with E-state index in [-0.39, 0.29) is 40.6 Å². The van der Waals surface area contributed by atoms with Crippen LogP contribution in [-0.4, -0.2) is 57.6 Å². The number of nitrogens with zero attached hydrogens (tertiary/aromatic N) is 3. The largest absolute Gasteiger partial charge is 2.00 e. The molecule has 1 rings (SSSR count). The number of hydrogen-bond donors (Lipinski definition) is 1. The molecular weight excluding hydrogens is 266 g/mol. The maximum Gasteiger partial charge on any atom is 2.00 e. The zero-order valence-corrected chi connectivity index (χ0v) is 10.3. The monoisotopic (exact) mass is 271 g/mol. The fourth-order valence-corrected chi connectivity index (χ4v) is 0.974. The summed E-state index contributed by atoms with van der Waals surface area (Å²) >= 11 is 0. The second kappa shape index (κ2) is 5.70. The van der Waals surface area contributed by atoms with Gasteiger partial charge in [0.25, 0.3) is 11.4 Å². The average Bonchev–Trinajstić information content (AvgIpc) is 2.16. The van der Waals surface area contributed by atoms with Crippen molar-refractivity contribution in [2.24, 2.45) is 0 Å². The molecule has 0 aliphatic rings. The normalized spacial score (nSPS) is 9.18. The standard InChI is InChI=1S/C6H3N3O7.Ca.2H/c10-6-4(8(13)14)1-3(7(11)12)2-5(6)9(15)16;;;/h1-2,10H;;;/q;+2;2*-1. The molecule has 0 heterocycles. The topological polar surface area (TPSA) is 150 Å². The van der Waals surface area contributed by atoms with Gasteiger partial charge in [-0.1, -0.05) is 0 Å². The van der Waals surface area contributed by atoms with Crippen LogP contribution < -0.4 is 0 Å². The third-order valence-corrected chi connectivity index (χ3v) is 1.66. The van der Waals surface area contributed by atoms with Gasteiger partial charge < -0.3 is 7.96 Å². The van der Waals surface area contributed by atoms with Crippen molar-refractivity contribution in [2.75, 3.05) is 0 Å². The predicted octanol–water partition coefficient (Wildman–Crippen LogP) is 0.961. The summed E-state index contributed by atoms with van der Waals surface area (Å²) in [6.45, 7) is 0. The molecule has 11 heteroatoms. The third-order valence-electron chi connectivity index (χ3n) is 1.66.